The monoisotopic (exact) mass is 403 g/mol. The fourth-order valence-corrected chi connectivity index (χ4v) is 4.02. The van der Waals surface area contributed by atoms with Gasteiger partial charge >= 0.3 is 0 Å². The summed E-state index contributed by atoms with van der Waals surface area (Å²) in [6, 6.07) is 15.9. The standard InChI is InChI=1S/C25H29N3O2/c1-3-4-5-7-19-11-15-21(16-12-19)25(29)28-17-6-8-22(28)24-26-23(27-30-24)20-13-9-18(2)10-14-20/h9-16,22H,3-8,17H2,1-2H3. The predicted molar refractivity (Wildman–Crippen MR) is 117 cm³/mol. The molecule has 5 heteroatoms. The number of nitrogens with zero attached hydrogens (tertiary/aromatic N) is 3. The van der Waals surface area contributed by atoms with Crippen LogP contribution in [0.2, 0.25) is 0 Å². The maximum atomic E-state index is 13.2. The van der Waals surface area contributed by atoms with Gasteiger partial charge in [0.05, 0.1) is 0 Å². The lowest BCUT2D eigenvalue weighted by Gasteiger charge is -2.22. The summed E-state index contributed by atoms with van der Waals surface area (Å²) in [6.07, 6.45) is 6.50. The number of unbranched alkanes of at least 4 members (excludes halogenated alkanes) is 2. The van der Waals surface area contributed by atoms with Crippen molar-refractivity contribution in [1.82, 2.24) is 15.0 Å². The number of carbonyl (C=O) groups excluding carboxylic acids is 1. The zero-order valence-corrected chi connectivity index (χ0v) is 17.8. The quantitative estimate of drug-likeness (QED) is 0.471. The third kappa shape index (κ3) is 4.45. The van der Waals surface area contributed by atoms with Crippen LogP contribution in [0, 0.1) is 6.92 Å². The third-order valence-corrected chi connectivity index (χ3v) is 5.82. The van der Waals surface area contributed by atoms with Gasteiger partial charge in [0.1, 0.15) is 6.04 Å². The smallest absolute Gasteiger partial charge is 0.254 e. The van der Waals surface area contributed by atoms with E-state index < -0.39 is 0 Å². The van der Waals surface area contributed by atoms with Gasteiger partial charge in [-0.05, 0) is 50.3 Å². The maximum absolute atomic E-state index is 13.2. The van der Waals surface area contributed by atoms with E-state index in [0.29, 0.717) is 18.3 Å². The molecular formula is C25H29N3O2. The van der Waals surface area contributed by atoms with Gasteiger partial charge in [-0.2, -0.15) is 4.98 Å². The first kappa shape index (κ1) is 20.3. The van der Waals surface area contributed by atoms with Gasteiger partial charge in [-0.1, -0.05) is 66.9 Å². The lowest BCUT2D eigenvalue weighted by molar-refractivity contribution is 0.0710. The molecule has 1 saturated heterocycles. The van der Waals surface area contributed by atoms with Crippen LogP contribution in [0.15, 0.2) is 53.1 Å². The van der Waals surface area contributed by atoms with Crippen molar-refractivity contribution >= 4 is 5.91 Å². The predicted octanol–water partition coefficient (Wildman–Crippen LogP) is 5.76. The lowest BCUT2D eigenvalue weighted by atomic mass is 10.0. The molecule has 1 aromatic heterocycles. The van der Waals surface area contributed by atoms with Gasteiger partial charge in [0.25, 0.3) is 5.91 Å². The number of hydrogen-bond acceptors (Lipinski definition) is 4. The van der Waals surface area contributed by atoms with E-state index in [1.807, 2.05) is 48.2 Å². The molecule has 3 aromatic rings. The molecule has 0 aliphatic carbocycles. The van der Waals surface area contributed by atoms with E-state index in [1.165, 1.54) is 30.4 Å². The highest BCUT2D eigenvalue weighted by atomic mass is 16.5. The maximum Gasteiger partial charge on any atom is 0.254 e. The summed E-state index contributed by atoms with van der Waals surface area (Å²) in [4.78, 5) is 19.6. The Morgan fingerprint density at radius 1 is 1.10 bits per heavy atom. The topological polar surface area (TPSA) is 59.2 Å². The zero-order chi connectivity index (χ0) is 20.9. The summed E-state index contributed by atoms with van der Waals surface area (Å²) >= 11 is 0. The molecule has 2 aromatic carbocycles. The zero-order valence-electron chi connectivity index (χ0n) is 17.8. The molecule has 30 heavy (non-hydrogen) atoms. The molecule has 0 radical (unpaired) electrons. The Hall–Kier alpha value is -2.95. The fraction of sp³-hybridized carbons (Fsp3) is 0.400. The van der Waals surface area contributed by atoms with Crippen molar-refractivity contribution in [2.75, 3.05) is 6.54 Å². The van der Waals surface area contributed by atoms with Crippen LogP contribution in [0.3, 0.4) is 0 Å². The Morgan fingerprint density at radius 3 is 2.60 bits per heavy atom. The minimum Gasteiger partial charge on any atom is -0.337 e. The summed E-state index contributed by atoms with van der Waals surface area (Å²) in [7, 11) is 0. The summed E-state index contributed by atoms with van der Waals surface area (Å²) in [6.45, 7) is 4.97. The van der Waals surface area contributed by atoms with Crippen LogP contribution in [0.1, 0.15) is 72.4 Å². The molecule has 4 rings (SSSR count). The molecule has 0 saturated carbocycles. The number of rotatable bonds is 7. The first-order valence-corrected chi connectivity index (χ1v) is 11.0. The van der Waals surface area contributed by atoms with E-state index in [2.05, 4.69) is 29.2 Å². The van der Waals surface area contributed by atoms with E-state index in [4.69, 9.17) is 4.52 Å². The van der Waals surface area contributed by atoms with Crippen LogP contribution in [-0.2, 0) is 6.42 Å². The number of hydrogen-bond donors (Lipinski definition) is 0. The molecule has 1 amide bonds. The highest BCUT2D eigenvalue weighted by molar-refractivity contribution is 5.94. The van der Waals surface area contributed by atoms with E-state index >= 15 is 0 Å². The second-order valence-electron chi connectivity index (χ2n) is 8.13. The summed E-state index contributed by atoms with van der Waals surface area (Å²) in [5, 5.41) is 4.15. The molecule has 1 unspecified atom stereocenters. The number of aryl methyl sites for hydroxylation is 2. The minimum atomic E-state index is -0.159. The van der Waals surface area contributed by atoms with Gasteiger partial charge in [0.2, 0.25) is 11.7 Å². The SMILES string of the molecule is CCCCCc1ccc(C(=O)N2CCCC2c2nc(-c3ccc(C)cc3)no2)cc1. The molecule has 2 heterocycles. The second kappa shape index (κ2) is 9.24. The molecular weight excluding hydrogens is 374 g/mol. The Kier molecular flexibility index (Phi) is 6.26. The Bertz CT molecular complexity index is 976. The average molecular weight is 404 g/mol. The van der Waals surface area contributed by atoms with E-state index in [-0.39, 0.29) is 11.9 Å². The van der Waals surface area contributed by atoms with Crippen LogP contribution in [0.5, 0.6) is 0 Å². The summed E-state index contributed by atoms with van der Waals surface area (Å²) in [5.41, 5.74) is 4.12. The normalized spacial score (nSPS) is 16.2. The summed E-state index contributed by atoms with van der Waals surface area (Å²) in [5.74, 6) is 1.13. The molecule has 1 fully saturated rings. The van der Waals surface area contributed by atoms with Crippen LogP contribution < -0.4 is 0 Å². The number of benzene rings is 2. The van der Waals surface area contributed by atoms with Crippen molar-refractivity contribution < 1.29 is 9.32 Å². The van der Waals surface area contributed by atoms with E-state index in [0.717, 1.165) is 30.4 Å². The van der Waals surface area contributed by atoms with Gasteiger partial charge in [0.15, 0.2) is 0 Å². The van der Waals surface area contributed by atoms with Crippen LogP contribution in [0.4, 0.5) is 0 Å². The van der Waals surface area contributed by atoms with Crippen molar-refractivity contribution in [3.05, 3.63) is 71.1 Å². The van der Waals surface area contributed by atoms with Crippen molar-refractivity contribution in [1.29, 1.82) is 0 Å². The third-order valence-electron chi connectivity index (χ3n) is 5.82. The van der Waals surface area contributed by atoms with Crippen molar-refractivity contribution in [2.45, 2.75) is 58.4 Å². The molecule has 1 aliphatic heterocycles. The van der Waals surface area contributed by atoms with Crippen LogP contribution in [-0.4, -0.2) is 27.5 Å². The molecule has 0 bridgehead atoms. The highest BCUT2D eigenvalue weighted by Crippen LogP contribution is 2.33. The molecule has 5 nitrogen and oxygen atoms in total. The molecule has 0 spiro atoms. The molecule has 1 aliphatic rings. The molecule has 1 atom stereocenters. The van der Waals surface area contributed by atoms with Gasteiger partial charge in [-0.25, -0.2) is 0 Å². The van der Waals surface area contributed by atoms with Gasteiger partial charge < -0.3 is 9.42 Å². The molecule has 156 valence electrons. The first-order valence-electron chi connectivity index (χ1n) is 11.0. The lowest BCUT2D eigenvalue weighted by Crippen LogP contribution is -2.30. The first-order chi connectivity index (χ1) is 14.7. The van der Waals surface area contributed by atoms with Gasteiger partial charge in [-0.15, -0.1) is 0 Å². The number of amides is 1. The van der Waals surface area contributed by atoms with E-state index in [1.54, 1.807) is 0 Å². The Balaban J connectivity index is 1.47. The average Bonchev–Trinajstić information content (AvgIpc) is 3.44. The molecule has 0 N–H and O–H groups in total. The number of carbonyl (C=O) groups is 1. The Labute approximate surface area is 178 Å². The second-order valence-corrected chi connectivity index (χ2v) is 8.13. The number of aromatic nitrogens is 2. The number of likely N-dealkylation sites (tertiary alicyclic amines) is 1. The van der Waals surface area contributed by atoms with E-state index in [9.17, 15) is 4.79 Å². The van der Waals surface area contributed by atoms with Gasteiger partial charge in [0, 0.05) is 17.7 Å². The minimum absolute atomic E-state index is 0.0349. The van der Waals surface area contributed by atoms with Crippen LogP contribution >= 0.6 is 0 Å². The van der Waals surface area contributed by atoms with Crippen LogP contribution in [0.25, 0.3) is 11.4 Å². The Morgan fingerprint density at radius 2 is 1.87 bits per heavy atom. The fourth-order valence-electron chi connectivity index (χ4n) is 4.02. The van der Waals surface area contributed by atoms with Crippen molar-refractivity contribution in [3.63, 3.8) is 0 Å². The summed E-state index contributed by atoms with van der Waals surface area (Å²) < 4.78 is 5.57. The van der Waals surface area contributed by atoms with Crippen molar-refractivity contribution in [3.8, 4) is 11.4 Å². The highest BCUT2D eigenvalue weighted by Gasteiger charge is 2.34. The van der Waals surface area contributed by atoms with Gasteiger partial charge in [-0.3, -0.25) is 4.79 Å². The van der Waals surface area contributed by atoms with Crippen molar-refractivity contribution in [2.24, 2.45) is 0 Å². The largest absolute Gasteiger partial charge is 0.337 e.